The van der Waals surface area contributed by atoms with Crippen LogP contribution >= 0.6 is 11.8 Å². The van der Waals surface area contributed by atoms with Gasteiger partial charge in [-0.15, -0.1) is 11.8 Å². The van der Waals surface area contributed by atoms with Gasteiger partial charge in [-0.3, -0.25) is 0 Å². The summed E-state index contributed by atoms with van der Waals surface area (Å²) in [7, 11) is 0. The van der Waals surface area contributed by atoms with E-state index in [0.717, 1.165) is 6.54 Å². The maximum absolute atomic E-state index is 3.42. The molecular weight excluding hydrogens is 142 g/mol. The monoisotopic (exact) mass is 154 g/mol. The Bertz CT molecular complexity index is 129. The molecule has 0 saturated heterocycles. The fourth-order valence-electron chi connectivity index (χ4n) is 1.50. The first-order chi connectivity index (χ1) is 4.97. The second-order valence-corrected chi connectivity index (χ2v) is 3.84. The molecule has 1 aliphatic carbocycles. The molecule has 0 aromatic carbocycles. The molecule has 1 radical (unpaired) electrons. The van der Waals surface area contributed by atoms with Crippen molar-refractivity contribution in [3.63, 3.8) is 0 Å². The summed E-state index contributed by atoms with van der Waals surface area (Å²) in [4.78, 5) is 1.59. The molecule has 2 rings (SSSR count). The molecule has 0 fully saturated rings. The highest BCUT2D eigenvalue weighted by Gasteiger charge is 2.15. The number of rotatable bonds is 0. The Morgan fingerprint density at radius 2 is 2.20 bits per heavy atom. The average molecular weight is 154 g/mol. The minimum Gasteiger partial charge on any atom is -0.387 e. The molecule has 55 valence electrons. The minimum atomic E-state index is 1.06. The van der Waals surface area contributed by atoms with Crippen LogP contribution in [-0.2, 0) is 0 Å². The number of hydrogen-bond donors (Lipinski definition) is 1. The van der Waals surface area contributed by atoms with Crippen LogP contribution in [0, 0.1) is 5.75 Å². The Balaban J connectivity index is 2.14. The van der Waals surface area contributed by atoms with Crippen LogP contribution in [0.15, 0.2) is 10.6 Å². The Morgan fingerprint density at radius 1 is 1.30 bits per heavy atom. The zero-order valence-electron chi connectivity index (χ0n) is 6.02. The molecule has 10 heavy (non-hydrogen) atoms. The van der Waals surface area contributed by atoms with Crippen LogP contribution < -0.4 is 5.32 Å². The first kappa shape index (κ1) is 6.59. The summed E-state index contributed by atoms with van der Waals surface area (Å²) >= 11 is 1.94. The second-order valence-electron chi connectivity index (χ2n) is 2.77. The zero-order chi connectivity index (χ0) is 6.81. The molecule has 1 nitrogen and oxygen atoms in total. The molecule has 1 heterocycles. The smallest absolute Gasteiger partial charge is 0.0404 e. The number of nitrogens with one attached hydrogen (secondary N) is 1. The van der Waals surface area contributed by atoms with Crippen molar-refractivity contribution >= 4 is 11.8 Å². The first-order valence-electron chi connectivity index (χ1n) is 3.91. The third-order valence-corrected chi connectivity index (χ3v) is 3.11. The maximum atomic E-state index is 3.42. The normalized spacial score (nSPS) is 25.6. The molecular formula is C8H12NS. The summed E-state index contributed by atoms with van der Waals surface area (Å²) < 4.78 is 0. The Morgan fingerprint density at radius 3 is 3.10 bits per heavy atom. The highest BCUT2D eigenvalue weighted by atomic mass is 32.2. The molecule has 1 aliphatic heterocycles. The van der Waals surface area contributed by atoms with Gasteiger partial charge in [-0.05, 0) is 25.7 Å². The predicted molar refractivity (Wildman–Crippen MR) is 45.4 cm³/mol. The lowest BCUT2D eigenvalue weighted by Gasteiger charge is -2.24. The number of allylic oxidation sites excluding steroid dienone is 2. The van der Waals surface area contributed by atoms with E-state index in [1.807, 2.05) is 11.8 Å². The van der Waals surface area contributed by atoms with E-state index in [4.69, 9.17) is 0 Å². The van der Waals surface area contributed by atoms with Crippen molar-refractivity contribution in [1.82, 2.24) is 5.32 Å². The lowest BCUT2D eigenvalue weighted by Crippen LogP contribution is -2.21. The van der Waals surface area contributed by atoms with Gasteiger partial charge in [-0.2, -0.15) is 0 Å². The lowest BCUT2D eigenvalue weighted by molar-refractivity contribution is 0.644. The number of hydrogen-bond acceptors (Lipinski definition) is 2. The summed E-state index contributed by atoms with van der Waals surface area (Å²) in [5.74, 6) is 2.25. The highest BCUT2D eigenvalue weighted by Crippen LogP contribution is 2.35. The van der Waals surface area contributed by atoms with E-state index in [2.05, 4.69) is 11.1 Å². The largest absolute Gasteiger partial charge is 0.387 e. The van der Waals surface area contributed by atoms with E-state index < -0.39 is 0 Å². The fraction of sp³-hybridized carbons (Fsp3) is 0.625. The molecule has 0 unspecified atom stereocenters. The van der Waals surface area contributed by atoms with E-state index in [1.165, 1.54) is 31.4 Å². The van der Waals surface area contributed by atoms with Gasteiger partial charge in [0.15, 0.2) is 0 Å². The van der Waals surface area contributed by atoms with Crippen LogP contribution in [0.2, 0.25) is 0 Å². The van der Waals surface area contributed by atoms with Gasteiger partial charge >= 0.3 is 0 Å². The summed E-state index contributed by atoms with van der Waals surface area (Å²) in [6.07, 6.45) is 5.37. The molecule has 0 aromatic rings. The minimum absolute atomic E-state index is 1.06. The van der Waals surface area contributed by atoms with Crippen molar-refractivity contribution in [1.29, 1.82) is 0 Å². The molecule has 0 amide bonds. The molecule has 0 saturated carbocycles. The topological polar surface area (TPSA) is 12.0 Å². The van der Waals surface area contributed by atoms with Crippen molar-refractivity contribution in [2.75, 3.05) is 6.54 Å². The van der Waals surface area contributed by atoms with Gasteiger partial charge in [0.1, 0.15) is 0 Å². The lowest BCUT2D eigenvalue weighted by atomic mass is 10.0. The molecule has 0 atom stereocenters. The first-order valence-corrected chi connectivity index (χ1v) is 4.79. The van der Waals surface area contributed by atoms with Crippen molar-refractivity contribution in [2.24, 2.45) is 0 Å². The van der Waals surface area contributed by atoms with Gasteiger partial charge in [0, 0.05) is 22.9 Å². The Kier molecular flexibility index (Phi) is 1.89. The van der Waals surface area contributed by atoms with E-state index >= 15 is 0 Å². The third-order valence-electron chi connectivity index (χ3n) is 2.04. The Labute approximate surface area is 66.3 Å². The highest BCUT2D eigenvalue weighted by molar-refractivity contribution is 8.05. The van der Waals surface area contributed by atoms with E-state index in [1.54, 1.807) is 4.91 Å². The van der Waals surface area contributed by atoms with Crippen LogP contribution in [0.4, 0.5) is 0 Å². The van der Waals surface area contributed by atoms with Gasteiger partial charge in [0.25, 0.3) is 0 Å². The molecule has 0 aromatic heterocycles. The van der Waals surface area contributed by atoms with Crippen LogP contribution in [0.3, 0.4) is 0 Å². The van der Waals surface area contributed by atoms with Gasteiger partial charge in [0.2, 0.25) is 0 Å². The molecule has 0 bridgehead atoms. The van der Waals surface area contributed by atoms with E-state index in [0.29, 0.717) is 0 Å². The van der Waals surface area contributed by atoms with E-state index in [-0.39, 0.29) is 0 Å². The van der Waals surface area contributed by atoms with Crippen LogP contribution in [-0.4, -0.2) is 6.54 Å². The van der Waals surface area contributed by atoms with Gasteiger partial charge in [-0.1, -0.05) is 0 Å². The summed E-state index contributed by atoms with van der Waals surface area (Å²) in [6.45, 7) is 1.06. The van der Waals surface area contributed by atoms with Gasteiger partial charge < -0.3 is 5.32 Å². The molecule has 2 aliphatic rings. The Hall–Kier alpha value is -0.110. The van der Waals surface area contributed by atoms with Crippen LogP contribution in [0.5, 0.6) is 0 Å². The zero-order valence-corrected chi connectivity index (χ0v) is 6.84. The second kappa shape index (κ2) is 2.87. The van der Waals surface area contributed by atoms with Crippen molar-refractivity contribution in [3.05, 3.63) is 16.4 Å². The van der Waals surface area contributed by atoms with E-state index in [9.17, 15) is 0 Å². The standard InChI is InChI=1S/C8H12NS/c1-2-4-8-7(3-1)9-5-6-10-8/h6,9H,1-5H2. The summed E-state index contributed by atoms with van der Waals surface area (Å²) in [6, 6.07) is 0. The maximum Gasteiger partial charge on any atom is 0.0404 e. The van der Waals surface area contributed by atoms with Gasteiger partial charge in [-0.25, -0.2) is 0 Å². The fourth-order valence-corrected chi connectivity index (χ4v) is 2.45. The SMILES string of the molecule is [CH]1CNC2=C(CCCC2)S1. The van der Waals surface area contributed by atoms with Crippen LogP contribution in [0.1, 0.15) is 25.7 Å². The van der Waals surface area contributed by atoms with Crippen molar-refractivity contribution in [3.8, 4) is 0 Å². The predicted octanol–water partition coefficient (Wildman–Crippen LogP) is 2.27. The quantitative estimate of drug-likeness (QED) is 0.574. The molecule has 2 heteroatoms. The third kappa shape index (κ3) is 1.17. The number of thioether (sulfide) groups is 1. The summed E-state index contributed by atoms with van der Waals surface area (Å²) in [5, 5.41) is 3.42. The van der Waals surface area contributed by atoms with Crippen LogP contribution in [0.25, 0.3) is 0 Å². The molecule has 1 N–H and O–H groups in total. The molecule has 0 spiro atoms. The van der Waals surface area contributed by atoms with Crippen molar-refractivity contribution in [2.45, 2.75) is 25.7 Å². The average Bonchev–Trinajstić information content (AvgIpc) is 2.05. The van der Waals surface area contributed by atoms with Gasteiger partial charge in [0.05, 0.1) is 0 Å². The van der Waals surface area contributed by atoms with Crippen molar-refractivity contribution < 1.29 is 0 Å². The summed E-state index contributed by atoms with van der Waals surface area (Å²) in [5.41, 5.74) is 1.53.